The van der Waals surface area contributed by atoms with Crippen molar-refractivity contribution in [2.45, 2.75) is 13.8 Å². The van der Waals surface area contributed by atoms with Gasteiger partial charge in [-0.25, -0.2) is 9.97 Å². The van der Waals surface area contributed by atoms with Crippen LogP contribution >= 0.6 is 0 Å². The lowest BCUT2D eigenvalue weighted by Gasteiger charge is -1.98. The van der Waals surface area contributed by atoms with E-state index in [0.29, 0.717) is 5.82 Å². The van der Waals surface area contributed by atoms with Crippen molar-refractivity contribution >= 4 is 11.5 Å². The molecule has 2 aromatic rings. The summed E-state index contributed by atoms with van der Waals surface area (Å²) in [4.78, 5) is 8.42. The average Bonchev–Trinajstić information content (AvgIpc) is 2.29. The molecule has 0 aliphatic heterocycles. The van der Waals surface area contributed by atoms with Crippen LogP contribution in [-0.4, -0.2) is 14.4 Å². The zero-order valence-corrected chi connectivity index (χ0v) is 7.07. The van der Waals surface area contributed by atoms with Crippen LogP contribution in [0.25, 0.3) is 5.65 Å². The molecular formula is C8H10N4. The lowest BCUT2D eigenvalue weighted by atomic mass is 10.4. The molecule has 0 saturated heterocycles. The molecule has 2 N–H and O–H groups in total. The Morgan fingerprint density at radius 1 is 1.33 bits per heavy atom. The standard InChI is InChI=1S/C8H10N4/c1-5-3-8-11-7(9)4-12(8)6(2)10-5/h3-4H,9H2,1-2H3. The van der Waals surface area contributed by atoms with Crippen molar-refractivity contribution in [3.63, 3.8) is 0 Å². The summed E-state index contributed by atoms with van der Waals surface area (Å²) in [6.07, 6.45) is 1.77. The summed E-state index contributed by atoms with van der Waals surface area (Å²) in [5, 5.41) is 0. The molecule has 0 saturated carbocycles. The quantitative estimate of drug-likeness (QED) is 0.627. The molecular weight excluding hydrogens is 152 g/mol. The van der Waals surface area contributed by atoms with Gasteiger partial charge in [0.05, 0.1) is 6.20 Å². The highest BCUT2D eigenvalue weighted by Crippen LogP contribution is 2.09. The molecule has 2 rings (SSSR count). The van der Waals surface area contributed by atoms with Crippen molar-refractivity contribution in [2.75, 3.05) is 5.73 Å². The fourth-order valence-electron chi connectivity index (χ4n) is 1.30. The van der Waals surface area contributed by atoms with Gasteiger partial charge in [0.15, 0.2) is 0 Å². The predicted octanol–water partition coefficient (Wildman–Crippen LogP) is 0.928. The SMILES string of the molecule is Cc1cc2nc(N)cn2c(C)n1. The third-order valence-corrected chi connectivity index (χ3v) is 1.78. The van der Waals surface area contributed by atoms with E-state index in [1.807, 2.05) is 24.3 Å². The maximum absolute atomic E-state index is 5.55. The Morgan fingerprint density at radius 3 is 2.83 bits per heavy atom. The third kappa shape index (κ3) is 0.922. The number of fused-ring (bicyclic) bond motifs is 1. The van der Waals surface area contributed by atoms with Gasteiger partial charge in [0.1, 0.15) is 17.3 Å². The van der Waals surface area contributed by atoms with E-state index in [0.717, 1.165) is 17.2 Å². The van der Waals surface area contributed by atoms with Crippen molar-refractivity contribution in [1.29, 1.82) is 0 Å². The zero-order valence-electron chi connectivity index (χ0n) is 7.07. The minimum Gasteiger partial charge on any atom is -0.382 e. The normalized spacial score (nSPS) is 10.8. The number of hydrogen-bond donors (Lipinski definition) is 1. The van der Waals surface area contributed by atoms with Gasteiger partial charge in [0, 0.05) is 11.8 Å². The summed E-state index contributed by atoms with van der Waals surface area (Å²) in [6.45, 7) is 3.87. The topological polar surface area (TPSA) is 56.2 Å². The van der Waals surface area contributed by atoms with E-state index in [2.05, 4.69) is 9.97 Å². The smallest absolute Gasteiger partial charge is 0.142 e. The van der Waals surface area contributed by atoms with Crippen LogP contribution < -0.4 is 5.73 Å². The Morgan fingerprint density at radius 2 is 2.08 bits per heavy atom. The molecule has 0 radical (unpaired) electrons. The molecule has 0 amide bonds. The largest absolute Gasteiger partial charge is 0.382 e. The minimum absolute atomic E-state index is 0.533. The van der Waals surface area contributed by atoms with Gasteiger partial charge >= 0.3 is 0 Å². The van der Waals surface area contributed by atoms with Gasteiger partial charge in [-0.1, -0.05) is 0 Å². The lowest BCUT2D eigenvalue weighted by Crippen LogP contribution is -1.95. The van der Waals surface area contributed by atoms with Crippen molar-refractivity contribution in [3.8, 4) is 0 Å². The molecule has 62 valence electrons. The molecule has 2 aromatic heterocycles. The molecule has 0 bridgehead atoms. The summed E-state index contributed by atoms with van der Waals surface area (Å²) < 4.78 is 1.88. The van der Waals surface area contributed by atoms with E-state index in [9.17, 15) is 0 Å². The fourth-order valence-corrected chi connectivity index (χ4v) is 1.30. The van der Waals surface area contributed by atoms with Gasteiger partial charge in [-0.2, -0.15) is 0 Å². The summed E-state index contributed by atoms with van der Waals surface area (Å²) in [6, 6.07) is 1.91. The molecule has 0 atom stereocenters. The summed E-state index contributed by atoms with van der Waals surface area (Å²) in [5.41, 5.74) is 7.37. The second-order valence-electron chi connectivity index (χ2n) is 2.84. The van der Waals surface area contributed by atoms with E-state index in [4.69, 9.17) is 5.73 Å². The first kappa shape index (κ1) is 7.09. The van der Waals surface area contributed by atoms with Gasteiger partial charge < -0.3 is 5.73 Å². The number of aromatic nitrogens is 3. The molecule has 0 spiro atoms. The molecule has 0 unspecified atom stereocenters. The Kier molecular flexibility index (Phi) is 1.30. The first-order valence-corrected chi connectivity index (χ1v) is 3.75. The fraction of sp³-hybridized carbons (Fsp3) is 0.250. The van der Waals surface area contributed by atoms with E-state index < -0.39 is 0 Å². The van der Waals surface area contributed by atoms with Gasteiger partial charge in [0.2, 0.25) is 0 Å². The molecule has 4 heteroatoms. The first-order valence-electron chi connectivity index (χ1n) is 3.75. The van der Waals surface area contributed by atoms with Crippen LogP contribution in [-0.2, 0) is 0 Å². The van der Waals surface area contributed by atoms with Crippen LogP contribution in [0.2, 0.25) is 0 Å². The van der Waals surface area contributed by atoms with Crippen molar-refractivity contribution in [2.24, 2.45) is 0 Å². The Labute approximate surface area is 70.1 Å². The summed E-state index contributed by atoms with van der Waals surface area (Å²) >= 11 is 0. The molecule has 0 aliphatic rings. The van der Waals surface area contributed by atoms with Crippen LogP contribution in [0.15, 0.2) is 12.3 Å². The van der Waals surface area contributed by atoms with Crippen LogP contribution in [0.5, 0.6) is 0 Å². The lowest BCUT2D eigenvalue weighted by molar-refractivity contribution is 0.961. The van der Waals surface area contributed by atoms with Crippen LogP contribution in [0, 0.1) is 13.8 Å². The highest BCUT2D eigenvalue weighted by Gasteiger charge is 2.01. The van der Waals surface area contributed by atoms with Crippen molar-refractivity contribution < 1.29 is 0 Å². The Bertz CT molecular complexity index is 430. The van der Waals surface area contributed by atoms with Crippen LogP contribution in [0.4, 0.5) is 5.82 Å². The zero-order chi connectivity index (χ0) is 8.72. The summed E-state index contributed by atoms with van der Waals surface area (Å²) in [7, 11) is 0. The monoisotopic (exact) mass is 162 g/mol. The number of nitrogens with zero attached hydrogens (tertiary/aromatic N) is 3. The average molecular weight is 162 g/mol. The molecule has 4 nitrogen and oxygen atoms in total. The second kappa shape index (κ2) is 2.20. The van der Waals surface area contributed by atoms with Crippen molar-refractivity contribution in [1.82, 2.24) is 14.4 Å². The number of nitrogens with two attached hydrogens (primary N) is 1. The van der Waals surface area contributed by atoms with Gasteiger partial charge in [0.25, 0.3) is 0 Å². The van der Waals surface area contributed by atoms with Gasteiger partial charge in [-0.15, -0.1) is 0 Å². The molecule has 0 aliphatic carbocycles. The van der Waals surface area contributed by atoms with E-state index in [1.54, 1.807) is 6.20 Å². The van der Waals surface area contributed by atoms with Gasteiger partial charge in [-0.3, -0.25) is 4.40 Å². The predicted molar refractivity (Wildman–Crippen MR) is 46.9 cm³/mol. The number of anilines is 1. The van der Waals surface area contributed by atoms with Crippen LogP contribution in [0.3, 0.4) is 0 Å². The maximum Gasteiger partial charge on any atom is 0.142 e. The number of imidazole rings is 1. The van der Waals surface area contributed by atoms with Crippen molar-refractivity contribution in [3.05, 3.63) is 23.8 Å². The van der Waals surface area contributed by atoms with E-state index in [-0.39, 0.29) is 0 Å². The molecule has 0 aromatic carbocycles. The minimum atomic E-state index is 0.533. The van der Waals surface area contributed by atoms with E-state index in [1.165, 1.54) is 0 Å². The number of aryl methyl sites for hydroxylation is 2. The number of hydrogen-bond acceptors (Lipinski definition) is 3. The highest BCUT2D eigenvalue weighted by molar-refractivity contribution is 5.47. The van der Waals surface area contributed by atoms with Crippen LogP contribution in [0.1, 0.15) is 11.5 Å². The van der Waals surface area contributed by atoms with E-state index >= 15 is 0 Å². The number of nitrogen functional groups attached to an aromatic ring is 1. The Hall–Kier alpha value is -1.58. The maximum atomic E-state index is 5.55. The molecule has 2 heterocycles. The third-order valence-electron chi connectivity index (χ3n) is 1.78. The Balaban J connectivity index is 2.88. The molecule has 0 fully saturated rings. The summed E-state index contributed by atoms with van der Waals surface area (Å²) in [5.74, 6) is 1.44. The second-order valence-corrected chi connectivity index (χ2v) is 2.84. The highest BCUT2D eigenvalue weighted by atomic mass is 15.1. The first-order chi connectivity index (χ1) is 5.66. The molecule has 12 heavy (non-hydrogen) atoms. The number of rotatable bonds is 0. The van der Waals surface area contributed by atoms with Gasteiger partial charge in [-0.05, 0) is 13.8 Å².